The highest BCUT2D eigenvalue weighted by molar-refractivity contribution is 5.66. The lowest BCUT2D eigenvalue weighted by Crippen LogP contribution is -2.25. The third-order valence-electron chi connectivity index (χ3n) is 9.45. The molecule has 0 rings (SSSR count). The number of esters is 1. The van der Waals surface area contributed by atoms with Gasteiger partial charge in [-0.1, -0.05) is 134 Å². The summed E-state index contributed by atoms with van der Waals surface area (Å²) < 4.78 is 22.5. The molecular weight excluding hydrogens is 663 g/mol. The number of unbranched alkanes of at least 4 members (excludes halogenated alkanes) is 18. The van der Waals surface area contributed by atoms with Gasteiger partial charge in [0.15, 0.2) is 0 Å². The van der Waals surface area contributed by atoms with Crippen LogP contribution in [0.25, 0.3) is 0 Å². The molecule has 0 bridgehead atoms. The summed E-state index contributed by atoms with van der Waals surface area (Å²) in [4.78, 5) is 25.9. The normalized spacial score (nSPS) is 13.1. The van der Waals surface area contributed by atoms with Gasteiger partial charge in [-0.2, -0.15) is 0 Å². The van der Waals surface area contributed by atoms with Crippen molar-refractivity contribution < 1.29 is 28.5 Å². The van der Waals surface area contributed by atoms with Gasteiger partial charge >= 0.3 is 12.1 Å². The number of ether oxygens (including phenoxy) is 4. The lowest BCUT2D eigenvalue weighted by Gasteiger charge is -2.18. The van der Waals surface area contributed by atoms with Crippen LogP contribution in [0.1, 0.15) is 194 Å². The molecule has 0 saturated heterocycles. The second-order valence-corrected chi connectivity index (χ2v) is 15.1. The zero-order valence-electron chi connectivity index (χ0n) is 35.4. The van der Waals surface area contributed by atoms with Crippen LogP contribution in [0.5, 0.6) is 0 Å². The molecule has 2 atom stereocenters. The quantitative estimate of drug-likeness (QED) is 0.0352. The average molecular weight is 748 g/mol. The molecule has 1 unspecified atom stereocenters. The van der Waals surface area contributed by atoms with Crippen LogP contribution in [0.3, 0.4) is 0 Å². The largest absolute Gasteiger partial charge is 0.508 e. The Morgan fingerprint density at radius 3 is 1.66 bits per heavy atom. The Morgan fingerprint density at radius 2 is 1.06 bits per heavy atom. The summed E-state index contributed by atoms with van der Waals surface area (Å²) in [6, 6.07) is 0. The molecule has 53 heavy (non-hydrogen) atoms. The molecule has 0 heterocycles. The van der Waals surface area contributed by atoms with E-state index in [2.05, 4.69) is 55.2 Å². The van der Waals surface area contributed by atoms with Gasteiger partial charge in [-0.05, 0) is 97.6 Å². The Hall–Kier alpha value is -2.12. The van der Waals surface area contributed by atoms with E-state index in [1.54, 1.807) is 0 Å². The molecule has 0 aromatic carbocycles. The number of carbonyl (C=O) groups is 2. The van der Waals surface area contributed by atoms with Crippen molar-refractivity contribution in [2.45, 2.75) is 206 Å². The number of rotatable bonds is 39. The molecule has 0 aromatic rings. The summed E-state index contributed by atoms with van der Waals surface area (Å²) in [5, 5.41) is 0. The summed E-state index contributed by atoms with van der Waals surface area (Å²) in [5.74, 6) is -0.174. The molecule has 0 aromatic heterocycles. The van der Waals surface area contributed by atoms with Gasteiger partial charge in [-0.25, -0.2) is 4.79 Å². The minimum Gasteiger partial charge on any atom is -0.462 e. The second kappa shape index (κ2) is 41.1. The maximum absolute atomic E-state index is 12.4. The Bertz CT molecular complexity index is 885. The third kappa shape index (κ3) is 40.9. The maximum Gasteiger partial charge on any atom is 0.508 e. The molecule has 7 nitrogen and oxygen atoms in total. The molecule has 7 heteroatoms. The van der Waals surface area contributed by atoms with E-state index >= 15 is 0 Å². The highest BCUT2D eigenvalue weighted by atomic mass is 16.7. The van der Waals surface area contributed by atoms with Crippen LogP contribution in [-0.4, -0.2) is 69.7 Å². The van der Waals surface area contributed by atoms with Crippen molar-refractivity contribution >= 4 is 12.1 Å². The van der Waals surface area contributed by atoms with Crippen LogP contribution in [-0.2, 0) is 23.7 Å². The van der Waals surface area contributed by atoms with E-state index in [1.165, 1.54) is 110 Å². The average Bonchev–Trinajstić information content (AvgIpc) is 3.13. The summed E-state index contributed by atoms with van der Waals surface area (Å²) in [7, 11) is 4.03. The summed E-state index contributed by atoms with van der Waals surface area (Å²) in [6.07, 6.45) is 43.8. The van der Waals surface area contributed by atoms with Crippen LogP contribution < -0.4 is 0 Å². The van der Waals surface area contributed by atoms with E-state index in [0.717, 1.165) is 77.2 Å². The van der Waals surface area contributed by atoms with Crippen LogP contribution in [0.4, 0.5) is 4.79 Å². The first-order chi connectivity index (χ1) is 25.9. The number of nitrogens with zero attached hydrogens (tertiary/aromatic N) is 1. The van der Waals surface area contributed by atoms with Gasteiger partial charge in [-0.3, -0.25) is 4.79 Å². The number of allylic oxidation sites excluding steroid dienone is 5. The molecule has 0 N–H and O–H groups in total. The van der Waals surface area contributed by atoms with Crippen molar-refractivity contribution in [2.75, 3.05) is 40.5 Å². The molecule has 0 spiro atoms. The van der Waals surface area contributed by atoms with Crippen molar-refractivity contribution in [1.82, 2.24) is 4.90 Å². The Kier molecular flexibility index (Phi) is 39.4. The van der Waals surface area contributed by atoms with Gasteiger partial charge < -0.3 is 23.8 Å². The summed E-state index contributed by atoms with van der Waals surface area (Å²) >= 11 is 0. The van der Waals surface area contributed by atoms with E-state index in [1.807, 2.05) is 14.1 Å². The number of hydrogen-bond acceptors (Lipinski definition) is 7. The SMILES string of the molecule is CCCCC/C=C\C/C=C\CCCCCCCCC(COCCCCCCCC/C=C\C[C@@H](CCCCCC)OC(C)=O)OC(=O)OCCCN(C)C. The van der Waals surface area contributed by atoms with Crippen molar-refractivity contribution in [2.24, 2.45) is 0 Å². The first kappa shape index (κ1) is 50.9. The second-order valence-electron chi connectivity index (χ2n) is 15.1. The fourth-order valence-corrected chi connectivity index (χ4v) is 6.26. The first-order valence-electron chi connectivity index (χ1n) is 22.1. The molecule has 0 aliphatic heterocycles. The van der Waals surface area contributed by atoms with Crippen LogP contribution >= 0.6 is 0 Å². The highest BCUT2D eigenvalue weighted by Gasteiger charge is 2.16. The third-order valence-corrected chi connectivity index (χ3v) is 9.45. The fourth-order valence-electron chi connectivity index (χ4n) is 6.26. The van der Waals surface area contributed by atoms with E-state index < -0.39 is 6.16 Å². The van der Waals surface area contributed by atoms with Crippen molar-refractivity contribution in [3.05, 3.63) is 36.5 Å². The van der Waals surface area contributed by atoms with Gasteiger partial charge in [0.25, 0.3) is 0 Å². The molecule has 0 saturated carbocycles. The van der Waals surface area contributed by atoms with Gasteiger partial charge in [-0.15, -0.1) is 0 Å². The molecule has 310 valence electrons. The molecule has 0 aliphatic rings. The molecule has 0 amide bonds. The number of hydrogen-bond donors (Lipinski definition) is 0. The van der Waals surface area contributed by atoms with Crippen molar-refractivity contribution in [3.63, 3.8) is 0 Å². The molecule has 0 radical (unpaired) electrons. The Balaban J connectivity index is 4.14. The van der Waals surface area contributed by atoms with Crippen LogP contribution in [0, 0.1) is 0 Å². The predicted octanol–water partition coefficient (Wildman–Crippen LogP) is 13.3. The predicted molar refractivity (Wildman–Crippen MR) is 225 cm³/mol. The van der Waals surface area contributed by atoms with E-state index in [0.29, 0.717) is 19.8 Å². The fraction of sp³-hybridized carbons (Fsp3) is 0.826. The van der Waals surface area contributed by atoms with Crippen LogP contribution in [0.15, 0.2) is 36.5 Å². The van der Waals surface area contributed by atoms with E-state index in [4.69, 9.17) is 18.9 Å². The van der Waals surface area contributed by atoms with Gasteiger partial charge in [0, 0.05) is 26.5 Å². The Morgan fingerprint density at radius 1 is 0.547 bits per heavy atom. The first-order valence-corrected chi connectivity index (χ1v) is 22.1. The maximum atomic E-state index is 12.4. The highest BCUT2D eigenvalue weighted by Crippen LogP contribution is 2.15. The topological polar surface area (TPSA) is 74.3 Å². The van der Waals surface area contributed by atoms with Crippen molar-refractivity contribution in [3.8, 4) is 0 Å². The van der Waals surface area contributed by atoms with Crippen molar-refractivity contribution in [1.29, 1.82) is 0 Å². The zero-order valence-corrected chi connectivity index (χ0v) is 35.4. The zero-order chi connectivity index (χ0) is 38.9. The smallest absolute Gasteiger partial charge is 0.462 e. The minimum absolute atomic E-state index is 0.0205. The lowest BCUT2D eigenvalue weighted by molar-refractivity contribution is -0.146. The molecule has 0 aliphatic carbocycles. The monoisotopic (exact) mass is 748 g/mol. The lowest BCUT2D eigenvalue weighted by atomic mass is 10.1. The minimum atomic E-state index is -0.570. The molecule has 0 fully saturated rings. The van der Waals surface area contributed by atoms with Gasteiger partial charge in [0.05, 0.1) is 13.2 Å². The van der Waals surface area contributed by atoms with Gasteiger partial charge in [0.2, 0.25) is 0 Å². The Labute approximate surface area is 328 Å². The van der Waals surface area contributed by atoms with Gasteiger partial charge in [0.1, 0.15) is 12.2 Å². The number of carbonyl (C=O) groups excluding carboxylic acids is 2. The standard InChI is InChI=1S/C46H85NO6/c1-6-8-10-12-13-14-15-16-17-18-19-20-22-26-29-33-38-45(53-46(49)51-41-35-39-47(4)5)42-50-40-34-30-27-24-21-23-25-28-32-37-44(52-43(3)48)36-31-11-9-7-2/h13-14,16-17,28,32,44-45H,6-12,15,18-27,29-31,33-42H2,1-5H3/b14-13-,17-16-,32-28-/t44-,45?/m1/s1. The van der Waals surface area contributed by atoms with E-state index in [-0.39, 0.29) is 18.2 Å². The van der Waals surface area contributed by atoms with E-state index in [9.17, 15) is 9.59 Å². The van der Waals surface area contributed by atoms with Crippen LogP contribution in [0.2, 0.25) is 0 Å². The molecular formula is C46H85NO6. The summed E-state index contributed by atoms with van der Waals surface area (Å²) in [5.41, 5.74) is 0. The summed E-state index contributed by atoms with van der Waals surface area (Å²) in [6.45, 7) is 8.37.